The average molecular weight is 393 g/mol. The number of hydrogen-bond donors (Lipinski definition) is 2. The van der Waals surface area contributed by atoms with E-state index < -0.39 is 12.8 Å². The zero-order valence-corrected chi connectivity index (χ0v) is 15.4. The predicted molar refractivity (Wildman–Crippen MR) is 95.9 cm³/mol. The second-order valence-electron chi connectivity index (χ2n) is 7.13. The first-order valence-electron chi connectivity index (χ1n) is 8.64. The number of anilines is 1. The van der Waals surface area contributed by atoms with E-state index in [-0.39, 0.29) is 29.8 Å². The number of ether oxygens (including phenoxy) is 1. The Balaban J connectivity index is 0.00000243. The Labute approximate surface area is 157 Å². The fourth-order valence-corrected chi connectivity index (χ4v) is 3.82. The van der Waals surface area contributed by atoms with Crippen LogP contribution in [0.4, 0.5) is 18.9 Å². The molecule has 3 rings (SSSR count). The van der Waals surface area contributed by atoms with Gasteiger partial charge in [0, 0.05) is 18.5 Å². The van der Waals surface area contributed by atoms with Gasteiger partial charge in [-0.25, -0.2) is 0 Å². The summed E-state index contributed by atoms with van der Waals surface area (Å²) < 4.78 is 42.1. The topological polar surface area (TPSA) is 50.4 Å². The highest BCUT2D eigenvalue weighted by Crippen LogP contribution is 2.33. The van der Waals surface area contributed by atoms with Crippen LogP contribution in [0.5, 0.6) is 5.75 Å². The first-order chi connectivity index (χ1) is 11.8. The lowest BCUT2D eigenvalue weighted by Crippen LogP contribution is -2.39. The van der Waals surface area contributed by atoms with E-state index in [4.69, 9.17) is 4.74 Å². The van der Waals surface area contributed by atoms with Crippen molar-refractivity contribution < 1.29 is 22.7 Å². The van der Waals surface area contributed by atoms with Crippen LogP contribution in [0.25, 0.3) is 0 Å². The van der Waals surface area contributed by atoms with E-state index in [0.29, 0.717) is 24.4 Å². The van der Waals surface area contributed by atoms with Crippen molar-refractivity contribution in [1.29, 1.82) is 0 Å². The van der Waals surface area contributed by atoms with Gasteiger partial charge in [0.15, 0.2) is 6.61 Å². The molecule has 2 heterocycles. The molecule has 26 heavy (non-hydrogen) atoms. The molecule has 2 aliphatic heterocycles. The quantitative estimate of drug-likeness (QED) is 0.789. The van der Waals surface area contributed by atoms with Gasteiger partial charge >= 0.3 is 6.18 Å². The largest absolute Gasteiger partial charge is 0.482 e. The zero-order chi connectivity index (χ0) is 18.0. The summed E-state index contributed by atoms with van der Waals surface area (Å²) in [6, 6.07) is 5.83. The second-order valence-corrected chi connectivity index (χ2v) is 7.13. The van der Waals surface area contributed by atoms with E-state index in [2.05, 4.69) is 10.6 Å². The summed E-state index contributed by atoms with van der Waals surface area (Å²) >= 11 is 0. The molecule has 0 spiro atoms. The Hall–Kier alpha value is -1.47. The summed E-state index contributed by atoms with van der Waals surface area (Å²) in [6.45, 7) is 0.383. The summed E-state index contributed by atoms with van der Waals surface area (Å²) in [6.07, 6.45) is 0.261. The molecule has 8 heteroatoms. The molecule has 4 nitrogen and oxygen atoms in total. The molecular weight excluding hydrogens is 369 g/mol. The summed E-state index contributed by atoms with van der Waals surface area (Å²) in [5, 5.41) is 6.25. The number of carbonyl (C=O) groups excluding carboxylic acids is 1. The number of nitrogens with one attached hydrogen (secondary N) is 2. The van der Waals surface area contributed by atoms with Crippen LogP contribution in [-0.4, -0.2) is 30.8 Å². The number of carbonyl (C=O) groups is 1. The summed E-state index contributed by atoms with van der Waals surface area (Å²) in [5.74, 6) is 0.201. The Morgan fingerprint density at radius 2 is 1.92 bits per heavy atom. The monoisotopic (exact) mass is 392 g/mol. The molecule has 0 saturated carbocycles. The molecule has 0 radical (unpaired) electrons. The molecule has 0 aliphatic carbocycles. The number of piperidine rings is 1. The Kier molecular flexibility index (Phi) is 6.80. The van der Waals surface area contributed by atoms with Gasteiger partial charge in [-0.3, -0.25) is 4.79 Å². The molecule has 146 valence electrons. The van der Waals surface area contributed by atoms with Gasteiger partial charge in [0.05, 0.1) is 5.69 Å². The summed E-state index contributed by atoms with van der Waals surface area (Å²) in [7, 11) is 0. The standard InChI is InChI=1S/C18H23F3N2O2.ClH/c1-11-2-5-15(16(6-11)25-10-18(19,20)21)23-17(24)9-12-7-13-3-4-14(8-12)22-13;/h2,5-6,12-14,22H,3-4,7-10H2,1H3,(H,23,24);1H. The van der Waals surface area contributed by atoms with Gasteiger partial charge in [-0.05, 0) is 56.2 Å². The average Bonchev–Trinajstić information content (AvgIpc) is 2.85. The number of fused-ring (bicyclic) bond motifs is 2. The van der Waals surface area contributed by atoms with Crippen molar-refractivity contribution in [3.8, 4) is 5.75 Å². The number of hydrogen-bond acceptors (Lipinski definition) is 3. The Bertz CT molecular complexity index is 627. The number of halogens is 4. The van der Waals surface area contributed by atoms with E-state index >= 15 is 0 Å². The molecule has 2 unspecified atom stereocenters. The molecule has 2 N–H and O–H groups in total. The number of alkyl halides is 3. The Morgan fingerprint density at radius 3 is 2.54 bits per heavy atom. The lowest BCUT2D eigenvalue weighted by molar-refractivity contribution is -0.153. The molecule has 1 aromatic carbocycles. The normalized spacial score (nSPS) is 24.7. The number of rotatable bonds is 5. The first kappa shape index (κ1) is 20.8. The third kappa shape index (κ3) is 5.77. The third-order valence-corrected chi connectivity index (χ3v) is 4.85. The third-order valence-electron chi connectivity index (χ3n) is 4.85. The second kappa shape index (κ2) is 8.48. The van der Waals surface area contributed by atoms with Gasteiger partial charge in [-0.1, -0.05) is 6.07 Å². The van der Waals surface area contributed by atoms with Crippen LogP contribution in [0.1, 0.15) is 37.7 Å². The van der Waals surface area contributed by atoms with Gasteiger partial charge in [-0.15, -0.1) is 12.4 Å². The fraction of sp³-hybridized carbons (Fsp3) is 0.611. The molecule has 1 amide bonds. The van der Waals surface area contributed by atoms with Crippen LogP contribution in [0.15, 0.2) is 18.2 Å². The van der Waals surface area contributed by atoms with Crippen molar-refractivity contribution >= 4 is 24.0 Å². The van der Waals surface area contributed by atoms with Gasteiger partial charge in [-0.2, -0.15) is 13.2 Å². The lowest BCUT2D eigenvalue weighted by atomic mass is 9.89. The molecule has 2 bridgehead atoms. The van der Waals surface area contributed by atoms with E-state index in [1.54, 1.807) is 19.1 Å². The van der Waals surface area contributed by atoms with Crippen molar-refractivity contribution in [3.63, 3.8) is 0 Å². The molecule has 2 atom stereocenters. The molecule has 2 aliphatic rings. The van der Waals surface area contributed by atoms with Crippen LogP contribution in [-0.2, 0) is 4.79 Å². The van der Waals surface area contributed by atoms with Crippen LogP contribution in [0, 0.1) is 12.8 Å². The van der Waals surface area contributed by atoms with E-state index in [1.165, 1.54) is 6.07 Å². The maximum atomic E-state index is 12.4. The molecule has 0 aromatic heterocycles. The van der Waals surface area contributed by atoms with Crippen LogP contribution >= 0.6 is 12.4 Å². The number of amides is 1. The highest BCUT2D eigenvalue weighted by molar-refractivity contribution is 5.92. The van der Waals surface area contributed by atoms with E-state index in [1.807, 2.05) is 0 Å². The molecular formula is C18H24ClF3N2O2. The van der Waals surface area contributed by atoms with Crippen molar-refractivity contribution in [2.24, 2.45) is 5.92 Å². The van der Waals surface area contributed by atoms with Crippen LogP contribution in [0.2, 0.25) is 0 Å². The summed E-state index contributed by atoms with van der Waals surface area (Å²) in [5.41, 5.74) is 1.06. The highest BCUT2D eigenvalue weighted by Gasteiger charge is 2.34. The minimum atomic E-state index is -4.42. The van der Waals surface area contributed by atoms with Crippen molar-refractivity contribution in [3.05, 3.63) is 23.8 Å². The van der Waals surface area contributed by atoms with E-state index in [0.717, 1.165) is 31.2 Å². The maximum Gasteiger partial charge on any atom is 0.422 e. The first-order valence-corrected chi connectivity index (χ1v) is 8.64. The number of aryl methyl sites for hydroxylation is 1. The van der Waals surface area contributed by atoms with Gasteiger partial charge in [0.2, 0.25) is 5.91 Å². The minimum Gasteiger partial charge on any atom is -0.482 e. The molecule has 2 saturated heterocycles. The van der Waals surface area contributed by atoms with Gasteiger partial charge in [0.1, 0.15) is 5.75 Å². The molecule has 2 fully saturated rings. The Morgan fingerprint density at radius 1 is 1.27 bits per heavy atom. The van der Waals surface area contributed by atoms with Gasteiger partial charge < -0.3 is 15.4 Å². The number of benzene rings is 1. The van der Waals surface area contributed by atoms with Crippen LogP contribution in [0.3, 0.4) is 0 Å². The molecule has 1 aromatic rings. The zero-order valence-electron chi connectivity index (χ0n) is 14.6. The van der Waals surface area contributed by atoms with E-state index in [9.17, 15) is 18.0 Å². The summed E-state index contributed by atoms with van der Waals surface area (Å²) in [4.78, 5) is 12.3. The van der Waals surface area contributed by atoms with Crippen molar-refractivity contribution in [2.45, 2.75) is 57.3 Å². The predicted octanol–water partition coefficient (Wildman–Crippen LogP) is 4.22. The maximum absolute atomic E-state index is 12.4. The fourth-order valence-electron chi connectivity index (χ4n) is 3.82. The van der Waals surface area contributed by atoms with Crippen molar-refractivity contribution in [2.75, 3.05) is 11.9 Å². The SMILES string of the molecule is Cc1ccc(NC(=O)CC2CC3CCC(C2)N3)c(OCC(F)(F)F)c1.Cl. The lowest BCUT2D eigenvalue weighted by Gasteiger charge is -2.28. The van der Waals surface area contributed by atoms with Gasteiger partial charge in [0.25, 0.3) is 0 Å². The van der Waals surface area contributed by atoms with Crippen molar-refractivity contribution in [1.82, 2.24) is 5.32 Å². The van der Waals surface area contributed by atoms with Crippen LogP contribution < -0.4 is 15.4 Å². The minimum absolute atomic E-state index is 0. The smallest absolute Gasteiger partial charge is 0.422 e. The highest BCUT2D eigenvalue weighted by atomic mass is 35.5.